The Morgan fingerprint density at radius 1 is 1.38 bits per heavy atom. The van der Waals surface area contributed by atoms with Crippen LogP contribution in [-0.2, 0) is 0 Å². The van der Waals surface area contributed by atoms with Crippen LogP contribution in [0.1, 0.15) is 0 Å². The molecule has 0 saturated carbocycles. The number of nitrogens with one attached hydrogen (secondary N) is 2. The number of anilines is 1. The van der Waals surface area contributed by atoms with E-state index in [1.807, 2.05) is 0 Å². The van der Waals surface area contributed by atoms with Gasteiger partial charge in [-0.2, -0.15) is 0 Å². The second-order valence-electron chi connectivity index (χ2n) is 2.06. The zero-order valence-electron chi connectivity index (χ0n) is 6.90. The average molecular weight is 337 g/mol. The van der Waals surface area contributed by atoms with E-state index in [9.17, 15) is 4.79 Å². The van der Waals surface area contributed by atoms with Crippen molar-refractivity contribution in [3.63, 3.8) is 0 Å². The number of benzene rings is 1. The third-order valence-electron chi connectivity index (χ3n) is 1.20. The average Bonchev–Trinajstić information content (AvgIpc) is 1.98. The molecule has 0 aliphatic carbocycles. The van der Waals surface area contributed by atoms with E-state index in [1.54, 1.807) is 18.2 Å². The molecule has 0 atom stereocenters. The van der Waals surface area contributed by atoms with Gasteiger partial charge in [0.1, 0.15) is 0 Å². The van der Waals surface area contributed by atoms with Gasteiger partial charge in [-0.05, 0) is 11.8 Å². The Morgan fingerprint density at radius 3 is 2.54 bits per heavy atom. The summed E-state index contributed by atoms with van der Waals surface area (Å²) < 4.78 is 0. The molecule has 0 radical (unpaired) electrons. The summed E-state index contributed by atoms with van der Waals surface area (Å²) in [6.45, 7) is 0. The fourth-order valence-corrected chi connectivity index (χ4v) is 1.07. The molecule has 3 nitrogen and oxygen atoms in total. The molecule has 64 valence electrons. The van der Waals surface area contributed by atoms with E-state index in [-0.39, 0.29) is 73.9 Å². The molecule has 6 heteroatoms. The van der Waals surface area contributed by atoms with Gasteiger partial charge in [-0.1, -0.05) is 35.3 Å². The van der Waals surface area contributed by atoms with Gasteiger partial charge in [0.25, 0.3) is 0 Å². The Hall–Kier alpha value is 1.12. The van der Waals surface area contributed by atoms with Crippen LogP contribution in [0, 0.1) is 0 Å². The van der Waals surface area contributed by atoms with Crippen LogP contribution in [0.2, 0.25) is 10.0 Å². The van der Waals surface area contributed by atoms with Crippen LogP contribution in [0.15, 0.2) is 18.2 Å². The molecule has 0 aliphatic heterocycles. The minimum absolute atomic E-state index is 0. The summed E-state index contributed by atoms with van der Waals surface area (Å²) in [5.41, 5.74) is 6.98. The zero-order valence-corrected chi connectivity index (χ0v) is 14.7. The van der Waals surface area contributed by atoms with E-state index in [4.69, 9.17) is 28.9 Å². The second kappa shape index (κ2) is 6.58. The largest absolute Gasteiger partial charge is 1.00 e. The van der Waals surface area contributed by atoms with Crippen molar-refractivity contribution < 1.29 is 73.7 Å². The first kappa shape index (κ1) is 14.1. The van der Waals surface area contributed by atoms with Gasteiger partial charge in [-0.3, -0.25) is 4.79 Å². The van der Waals surface area contributed by atoms with Crippen molar-refractivity contribution in [2.45, 2.75) is 0 Å². The maximum absolute atomic E-state index is 10.3. The molecular formula is C7H5Cl2CsN2O. The summed E-state index contributed by atoms with van der Waals surface area (Å²) in [6.07, 6.45) is 0. The molecule has 2 N–H and O–H groups in total. The Bertz CT molecular complexity index is 319. The first-order valence-electron chi connectivity index (χ1n) is 3.08. The number of carbonyl (C=O) groups is 1. The molecule has 0 spiro atoms. The van der Waals surface area contributed by atoms with Gasteiger partial charge >= 0.3 is 68.9 Å². The minimum atomic E-state index is -0.917. The van der Waals surface area contributed by atoms with Crippen LogP contribution in [-0.4, -0.2) is 6.03 Å². The van der Waals surface area contributed by atoms with Crippen LogP contribution in [0.4, 0.5) is 10.5 Å². The Kier molecular flexibility index (Phi) is 7.14. The van der Waals surface area contributed by atoms with Crippen LogP contribution >= 0.6 is 23.2 Å². The predicted octanol–water partition coefficient (Wildman–Crippen LogP) is 0.582. The molecule has 0 saturated heterocycles. The minimum Gasteiger partial charge on any atom is -0.447 e. The van der Waals surface area contributed by atoms with Gasteiger partial charge < -0.3 is 11.1 Å². The van der Waals surface area contributed by atoms with Crippen molar-refractivity contribution in [1.29, 1.82) is 0 Å². The topological polar surface area (TPSA) is 52.9 Å². The monoisotopic (exact) mass is 336 g/mol. The maximum Gasteiger partial charge on any atom is 1.00 e. The zero-order chi connectivity index (χ0) is 9.14. The van der Waals surface area contributed by atoms with Gasteiger partial charge in [0.15, 0.2) is 6.03 Å². The summed E-state index contributed by atoms with van der Waals surface area (Å²) in [5, 5.41) is 2.82. The first-order chi connectivity index (χ1) is 5.61. The number of carbonyl (C=O) groups excluding carboxylic acids is 1. The van der Waals surface area contributed by atoms with Crippen LogP contribution in [0.3, 0.4) is 0 Å². The molecule has 0 bridgehead atoms. The van der Waals surface area contributed by atoms with E-state index in [1.165, 1.54) is 0 Å². The molecular weight excluding hydrogens is 332 g/mol. The van der Waals surface area contributed by atoms with Gasteiger partial charge in [-0.15, -0.1) is 0 Å². The summed E-state index contributed by atoms with van der Waals surface area (Å²) in [5.74, 6) is 0. The number of halogens is 2. The number of hydrogen-bond donors (Lipinski definition) is 1. The molecule has 2 amide bonds. The standard InChI is InChI=1S/C7H6Cl2N2O.Cs/c8-4-2-1-3-5(6(4)9)11-7(10)12;/h1-3H,(H3,10,11,12);/q;+1/p-1. The van der Waals surface area contributed by atoms with E-state index in [0.29, 0.717) is 10.7 Å². The molecule has 0 aliphatic rings. The van der Waals surface area contributed by atoms with Gasteiger partial charge in [-0.25, -0.2) is 0 Å². The summed E-state index contributed by atoms with van der Waals surface area (Å²) in [7, 11) is 0. The quantitative estimate of drug-likeness (QED) is 0.801. The molecule has 1 aromatic rings. The Morgan fingerprint density at radius 2 is 2.00 bits per heavy atom. The van der Waals surface area contributed by atoms with E-state index in [2.05, 4.69) is 5.32 Å². The van der Waals surface area contributed by atoms with E-state index < -0.39 is 6.03 Å². The fourth-order valence-electron chi connectivity index (χ4n) is 0.723. The summed E-state index contributed by atoms with van der Waals surface area (Å²) >= 11 is 11.4. The van der Waals surface area contributed by atoms with Crippen molar-refractivity contribution in [1.82, 2.24) is 0 Å². The van der Waals surface area contributed by atoms with Crippen molar-refractivity contribution in [3.05, 3.63) is 34.0 Å². The van der Waals surface area contributed by atoms with Gasteiger partial charge in [0.2, 0.25) is 0 Å². The summed E-state index contributed by atoms with van der Waals surface area (Å²) in [4.78, 5) is 10.3. The van der Waals surface area contributed by atoms with Crippen LogP contribution < -0.4 is 74.2 Å². The second-order valence-corrected chi connectivity index (χ2v) is 2.84. The van der Waals surface area contributed by atoms with Crippen LogP contribution in [0.25, 0.3) is 5.73 Å². The molecule has 1 rings (SSSR count). The van der Waals surface area contributed by atoms with Crippen LogP contribution in [0.5, 0.6) is 0 Å². The van der Waals surface area contributed by atoms with Crippen molar-refractivity contribution in [3.8, 4) is 0 Å². The predicted molar refractivity (Wildman–Crippen MR) is 49.8 cm³/mol. The smallest absolute Gasteiger partial charge is 0.447 e. The van der Waals surface area contributed by atoms with E-state index in [0.717, 1.165) is 0 Å². The Balaban J connectivity index is 0.00000144. The number of rotatable bonds is 1. The summed E-state index contributed by atoms with van der Waals surface area (Å²) in [6, 6.07) is 3.89. The third-order valence-corrected chi connectivity index (χ3v) is 2.02. The molecule has 13 heavy (non-hydrogen) atoms. The molecule has 0 heterocycles. The van der Waals surface area contributed by atoms with Gasteiger partial charge in [0, 0.05) is 0 Å². The van der Waals surface area contributed by atoms with Crippen molar-refractivity contribution in [2.24, 2.45) is 0 Å². The SMILES string of the molecule is [Cs+].[NH-]C(=O)Nc1cccc(Cl)c1Cl. The molecule has 0 aromatic heterocycles. The number of hydrogen-bond acceptors (Lipinski definition) is 1. The molecule has 0 unspecified atom stereocenters. The maximum atomic E-state index is 10.3. The third kappa shape index (κ3) is 4.44. The number of urea groups is 1. The van der Waals surface area contributed by atoms with Crippen molar-refractivity contribution >= 4 is 34.9 Å². The van der Waals surface area contributed by atoms with Crippen molar-refractivity contribution in [2.75, 3.05) is 5.32 Å². The fraction of sp³-hybridized carbons (Fsp3) is 0. The first-order valence-corrected chi connectivity index (χ1v) is 3.83. The molecule has 1 aromatic carbocycles. The van der Waals surface area contributed by atoms with Gasteiger partial charge in [0.05, 0.1) is 10.0 Å². The van der Waals surface area contributed by atoms with E-state index >= 15 is 0 Å². The molecule has 0 fully saturated rings. The normalized spacial score (nSPS) is 8.77. The Labute approximate surface area is 145 Å². The number of amides is 2.